The van der Waals surface area contributed by atoms with E-state index in [9.17, 15) is 4.79 Å². The molecule has 0 aliphatic heterocycles. The van der Waals surface area contributed by atoms with E-state index < -0.39 is 0 Å². The summed E-state index contributed by atoms with van der Waals surface area (Å²) in [5.41, 5.74) is 3.38. The Morgan fingerprint density at radius 3 is 2.48 bits per heavy atom. The van der Waals surface area contributed by atoms with Gasteiger partial charge in [0.1, 0.15) is 0 Å². The maximum atomic E-state index is 12.6. The third-order valence-electron chi connectivity index (χ3n) is 3.67. The van der Waals surface area contributed by atoms with Crippen molar-refractivity contribution < 1.29 is 4.79 Å². The van der Waals surface area contributed by atoms with Gasteiger partial charge >= 0.3 is 0 Å². The van der Waals surface area contributed by atoms with Crippen LogP contribution in [0.15, 0.2) is 60.8 Å². The van der Waals surface area contributed by atoms with Crippen molar-refractivity contribution in [1.29, 1.82) is 0 Å². The number of hydrogen-bond donors (Lipinski definition) is 2. The molecular weight excluding hydrogens is 357 g/mol. The van der Waals surface area contributed by atoms with Crippen molar-refractivity contribution in [2.45, 2.75) is 0 Å². The largest absolute Gasteiger partial charge is 0.387 e. The zero-order valence-corrected chi connectivity index (χ0v) is 14.9. The average molecular weight is 372 g/mol. The van der Waals surface area contributed by atoms with Crippen molar-refractivity contribution in [3.05, 3.63) is 76.4 Å². The predicted octanol–water partition coefficient (Wildman–Crippen LogP) is 5.35. The second-order valence-corrected chi connectivity index (χ2v) is 6.15. The van der Waals surface area contributed by atoms with Crippen molar-refractivity contribution in [1.82, 2.24) is 4.98 Å². The smallest absolute Gasteiger partial charge is 0.257 e. The lowest BCUT2D eigenvalue weighted by Gasteiger charge is -2.12. The topological polar surface area (TPSA) is 54.0 Å². The predicted molar refractivity (Wildman–Crippen MR) is 104 cm³/mol. The molecule has 25 heavy (non-hydrogen) atoms. The number of amides is 1. The van der Waals surface area contributed by atoms with Gasteiger partial charge in [0.2, 0.25) is 0 Å². The summed E-state index contributed by atoms with van der Waals surface area (Å²) < 4.78 is 0. The molecule has 0 fully saturated rings. The normalized spacial score (nSPS) is 10.4. The molecule has 1 amide bonds. The molecule has 3 rings (SSSR count). The maximum absolute atomic E-state index is 12.6. The van der Waals surface area contributed by atoms with E-state index in [2.05, 4.69) is 15.6 Å². The molecule has 0 aliphatic rings. The van der Waals surface area contributed by atoms with Crippen LogP contribution in [-0.4, -0.2) is 17.9 Å². The SMILES string of the molecule is CNc1cc(-c2ncccc2Cl)ccc1C(=O)Nc1ccc(Cl)cc1. The molecular formula is C19H15Cl2N3O. The minimum Gasteiger partial charge on any atom is -0.387 e. The van der Waals surface area contributed by atoms with Crippen LogP contribution in [0.5, 0.6) is 0 Å². The number of hydrogen-bond acceptors (Lipinski definition) is 3. The number of aromatic nitrogens is 1. The first-order valence-corrected chi connectivity index (χ1v) is 8.33. The van der Waals surface area contributed by atoms with Crippen molar-refractivity contribution in [3.63, 3.8) is 0 Å². The Morgan fingerprint density at radius 1 is 1.04 bits per heavy atom. The van der Waals surface area contributed by atoms with Crippen molar-refractivity contribution in [3.8, 4) is 11.3 Å². The van der Waals surface area contributed by atoms with Crippen LogP contribution >= 0.6 is 23.2 Å². The van der Waals surface area contributed by atoms with Crippen LogP contribution < -0.4 is 10.6 Å². The Labute approximate surface area is 155 Å². The third kappa shape index (κ3) is 3.92. The van der Waals surface area contributed by atoms with Crippen LogP contribution in [0.1, 0.15) is 10.4 Å². The number of pyridine rings is 1. The highest BCUT2D eigenvalue weighted by Gasteiger charge is 2.14. The number of halogens is 2. The molecule has 0 unspecified atom stereocenters. The Morgan fingerprint density at radius 2 is 1.80 bits per heavy atom. The number of rotatable bonds is 4. The second kappa shape index (κ2) is 7.55. The lowest BCUT2D eigenvalue weighted by Crippen LogP contribution is -2.14. The van der Waals surface area contributed by atoms with Gasteiger partial charge in [0.25, 0.3) is 5.91 Å². The Hall–Kier alpha value is -2.56. The number of nitrogens with zero attached hydrogens (tertiary/aromatic N) is 1. The second-order valence-electron chi connectivity index (χ2n) is 5.31. The molecule has 1 aromatic heterocycles. The van der Waals surface area contributed by atoms with Gasteiger partial charge in [-0.3, -0.25) is 9.78 Å². The van der Waals surface area contributed by atoms with E-state index in [1.807, 2.05) is 12.1 Å². The van der Waals surface area contributed by atoms with E-state index in [0.29, 0.717) is 32.7 Å². The number of carbonyl (C=O) groups is 1. The summed E-state index contributed by atoms with van der Waals surface area (Å²) in [5, 5.41) is 7.07. The molecule has 126 valence electrons. The zero-order chi connectivity index (χ0) is 17.8. The van der Waals surface area contributed by atoms with E-state index >= 15 is 0 Å². The van der Waals surface area contributed by atoms with E-state index in [1.165, 1.54) is 0 Å². The number of carbonyl (C=O) groups excluding carboxylic acids is 1. The monoisotopic (exact) mass is 371 g/mol. The molecule has 2 N–H and O–H groups in total. The molecule has 0 aliphatic carbocycles. The van der Waals surface area contributed by atoms with Gasteiger partial charge in [-0.25, -0.2) is 0 Å². The Kier molecular flexibility index (Phi) is 5.22. The molecule has 1 heterocycles. The Balaban J connectivity index is 1.90. The highest BCUT2D eigenvalue weighted by Crippen LogP contribution is 2.29. The first-order chi connectivity index (χ1) is 12.1. The standard InChI is InChI=1S/C19H15Cl2N3O/c1-22-17-11-12(18-16(21)3-2-10-23-18)4-9-15(17)19(25)24-14-7-5-13(20)6-8-14/h2-11,22H,1H3,(H,24,25). The quantitative estimate of drug-likeness (QED) is 0.649. The fourth-order valence-electron chi connectivity index (χ4n) is 2.43. The summed E-state index contributed by atoms with van der Waals surface area (Å²) in [7, 11) is 1.76. The van der Waals surface area contributed by atoms with E-state index in [4.69, 9.17) is 23.2 Å². The molecule has 2 aromatic carbocycles. The van der Waals surface area contributed by atoms with Crippen LogP contribution in [0.3, 0.4) is 0 Å². The van der Waals surface area contributed by atoms with Crippen LogP contribution in [0.2, 0.25) is 10.0 Å². The van der Waals surface area contributed by atoms with E-state index in [1.54, 1.807) is 55.7 Å². The van der Waals surface area contributed by atoms with Gasteiger partial charge in [-0.2, -0.15) is 0 Å². The minimum atomic E-state index is -0.217. The zero-order valence-electron chi connectivity index (χ0n) is 13.4. The van der Waals surface area contributed by atoms with Crippen LogP contribution in [0, 0.1) is 0 Å². The molecule has 0 saturated carbocycles. The molecule has 4 nitrogen and oxygen atoms in total. The van der Waals surface area contributed by atoms with Crippen LogP contribution in [0.4, 0.5) is 11.4 Å². The van der Waals surface area contributed by atoms with Gasteiger partial charge in [-0.1, -0.05) is 29.3 Å². The number of benzene rings is 2. The fourth-order valence-corrected chi connectivity index (χ4v) is 2.78. The summed E-state index contributed by atoms with van der Waals surface area (Å²) in [5.74, 6) is -0.217. The molecule has 6 heteroatoms. The molecule has 3 aromatic rings. The summed E-state index contributed by atoms with van der Waals surface area (Å²) >= 11 is 12.1. The summed E-state index contributed by atoms with van der Waals surface area (Å²) in [6.45, 7) is 0. The van der Waals surface area contributed by atoms with Crippen molar-refractivity contribution in [2.75, 3.05) is 17.7 Å². The first kappa shape index (κ1) is 17.3. The third-order valence-corrected chi connectivity index (χ3v) is 4.22. The Bertz CT molecular complexity index is 911. The summed E-state index contributed by atoms with van der Waals surface area (Å²) in [6, 6.07) is 15.9. The van der Waals surface area contributed by atoms with Gasteiger partial charge in [0.05, 0.1) is 16.3 Å². The molecule has 0 spiro atoms. The highest BCUT2D eigenvalue weighted by atomic mass is 35.5. The maximum Gasteiger partial charge on any atom is 0.257 e. The van der Waals surface area contributed by atoms with Gasteiger partial charge < -0.3 is 10.6 Å². The van der Waals surface area contributed by atoms with Crippen LogP contribution in [-0.2, 0) is 0 Å². The summed E-state index contributed by atoms with van der Waals surface area (Å²) in [4.78, 5) is 16.9. The molecule has 0 bridgehead atoms. The average Bonchev–Trinajstić information content (AvgIpc) is 2.63. The lowest BCUT2D eigenvalue weighted by atomic mass is 10.1. The van der Waals surface area contributed by atoms with Gasteiger partial charge in [0.15, 0.2) is 0 Å². The first-order valence-electron chi connectivity index (χ1n) is 7.58. The van der Waals surface area contributed by atoms with Crippen LogP contribution in [0.25, 0.3) is 11.3 Å². The molecule has 0 radical (unpaired) electrons. The number of nitrogens with one attached hydrogen (secondary N) is 2. The van der Waals surface area contributed by atoms with Gasteiger partial charge in [-0.15, -0.1) is 0 Å². The molecule has 0 atom stereocenters. The van der Waals surface area contributed by atoms with Gasteiger partial charge in [-0.05, 0) is 48.5 Å². The van der Waals surface area contributed by atoms with E-state index in [0.717, 1.165) is 5.56 Å². The highest BCUT2D eigenvalue weighted by molar-refractivity contribution is 6.33. The van der Waals surface area contributed by atoms with Crippen molar-refractivity contribution in [2.24, 2.45) is 0 Å². The number of anilines is 2. The lowest BCUT2D eigenvalue weighted by molar-refractivity contribution is 0.102. The fraction of sp³-hybridized carbons (Fsp3) is 0.0526. The summed E-state index contributed by atoms with van der Waals surface area (Å²) in [6.07, 6.45) is 1.68. The van der Waals surface area contributed by atoms with Crippen molar-refractivity contribution >= 4 is 40.5 Å². The minimum absolute atomic E-state index is 0.217. The molecule has 0 saturated heterocycles. The van der Waals surface area contributed by atoms with E-state index in [-0.39, 0.29) is 5.91 Å². The van der Waals surface area contributed by atoms with Gasteiger partial charge in [0, 0.05) is 35.2 Å².